The molecule has 0 aliphatic heterocycles. The van der Waals surface area contributed by atoms with Gasteiger partial charge in [-0.2, -0.15) is 0 Å². The van der Waals surface area contributed by atoms with Gasteiger partial charge < -0.3 is 10.6 Å². The van der Waals surface area contributed by atoms with Gasteiger partial charge in [-0.25, -0.2) is 9.97 Å². The van der Waals surface area contributed by atoms with Gasteiger partial charge in [0.2, 0.25) is 0 Å². The summed E-state index contributed by atoms with van der Waals surface area (Å²) in [6, 6.07) is 14.2. The average molecular weight is 305 g/mol. The summed E-state index contributed by atoms with van der Waals surface area (Å²) < 4.78 is 0. The second-order valence-corrected chi connectivity index (χ2v) is 5.28. The lowest BCUT2D eigenvalue weighted by Crippen LogP contribution is -2.06. The summed E-state index contributed by atoms with van der Waals surface area (Å²) in [5.41, 5.74) is 3.69. The molecule has 23 heavy (non-hydrogen) atoms. The lowest BCUT2D eigenvalue weighted by Gasteiger charge is -2.10. The molecule has 0 amide bonds. The number of hydrogen-bond acceptors (Lipinski definition) is 5. The molecule has 1 aromatic carbocycles. The van der Waals surface area contributed by atoms with Gasteiger partial charge in [-0.05, 0) is 35.7 Å². The van der Waals surface area contributed by atoms with Crippen molar-refractivity contribution in [3.05, 3.63) is 77.9 Å². The highest BCUT2D eigenvalue weighted by Crippen LogP contribution is 2.13. The fourth-order valence-corrected chi connectivity index (χ4v) is 2.24. The highest BCUT2D eigenvalue weighted by Gasteiger charge is 2.01. The van der Waals surface area contributed by atoms with Crippen molar-refractivity contribution in [2.24, 2.45) is 0 Å². The van der Waals surface area contributed by atoms with Crippen molar-refractivity contribution in [3.63, 3.8) is 0 Å². The maximum absolute atomic E-state index is 4.27. The third-order valence-electron chi connectivity index (χ3n) is 3.61. The van der Waals surface area contributed by atoms with Crippen LogP contribution in [0.15, 0.2) is 61.2 Å². The highest BCUT2D eigenvalue weighted by atomic mass is 15.1. The minimum Gasteiger partial charge on any atom is -0.366 e. The van der Waals surface area contributed by atoms with E-state index >= 15 is 0 Å². The number of aromatic nitrogens is 3. The van der Waals surface area contributed by atoms with Crippen molar-refractivity contribution in [2.75, 3.05) is 10.6 Å². The molecule has 3 rings (SSSR count). The van der Waals surface area contributed by atoms with Crippen LogP contribution in [0.2, 0.25) is 0 Å². The normalized spacial score (nSPS) is 10.3. The van der Waals surface area contributed by atoms with Crippen LogP contribution in [-0.2, 0) is 13.1 Å². The number of nitrogens with zero attached hydrogens (tertiary/aromatic N) is 3. The maximum Gasteiger partial charge on any atom is 0.131 e. The summed E-state index contributed by atoms with van der Waals surface area (Å²) in [5, 5.41) is 6.63. The fourth-order valence-electron chi connectivity index (χ4n) is 2.24. The Morgan fingerprint density at radius 1 is 0.870 bits per heavy atom. The van der Waals surface area contributed by atoms with Crippen LogP contribution in [0, 0.1) is 6.92 Å². The highest BCUT2D eigenvalue weighted by molar-refractivity contribution is 5.47. The van der Waals surface area contributed by atoms with Gasteiger partial charge in [0.05, 0.1) is 0 Å². The Bertz CT molecular complexity index is 758. The summed E-state index contributed by atoms with van der Waals surface area (Å²) >= 11 is 0. The van der Waals surface area contributed by atoms with E-state index in [1.54, 1.807) is 18.7 Å². The largest absolute Gasteiger partial charge is 0.366 e. The number of benzene rings is 1. The van der Waals surface area contributed by atoms with Crippen LogP contribution in [0.3, 0.4) is 0 Å². The number of pyridine rings is 1. The summed E-state index contributed by atoms with van der Waals surface area (Å²) in [5.74, 6) is 1.60. The van der Waals surface area contributed by atoms with Gasteiger partial charge in [-0.3, -0.25) is 4.98 Å². The van der Waals surface area contributed by atoms with Crippen molar-refractivity contribution in [1.29, 1.82) is 0 Å². The SMILES string of the molecule is Cc1ccccc1CNc1cc(NCc2ccncc2)ncn1. The Morgan fingerprint density at radius 3 is 2.30 bits per heavy atom. The van der Waals surface area contributed by atoms with Crippen LogP contribution in [0.5, 0.6) is 0 Å². The van der Waals surface area contributed by atoms with E-state index in [1.807, 2.05) is 30.3 Å². The molecule has 3 aromatic rings. The molecule has 0 saturated heterocycles. The standard InChI is InChI=1S/C18H19N5/c1-14-4-2-3-5-16(14)12-21-18-10-17(22-13-23-18)20-11-15-6-8-19-9-7-15/h2-10,13H,11-12H2,1H3,(H2,20,21,22,23). The Balaban J connectivity index is 1.60. The van der Waals surface area contributed by atoms with Gasteiger partial charge in [0.15, 0.2) is 0 Å². The Kier molecular flexibility index (Phi) is 4.79. The second kappa shape index (κ2) is 7.35. The Labute approximate surface area is 135 Å². The van der Waals surface area contributed by atoms with Gasteiger partial charge in [0.25, 0.3) is 0 Å². The molecule has 5 heteroatoms. The lowest BCUT2D eigenvalue weighted by atomic mass is 10.1. The van der Waals surface area contributed by atoms with Crippen LogP contribution < -0.4 is 10.6 Å². The van der Waals surface area contributed by atoms with E-state index in [-0.39, 0.29) is 0 Å². The zero-order chi connectivity index (χ0) is 15.9. The molecule has 0 radical (unpaired) electrons. The van der Waals surface area contributed by atoms with Crippen molar-refractivity contribution in [3.8, 4) is 0 Å². The lowest BCUT2D eigenvalue weighted by molar-refractivity contribution is 1.04. The zero-order valence-corrected chi connectivity index (χ0v) is 13.0. The molecular formula is C18H19N5. The summed E-state index contributed by atoms with van der Waals surface area (Å²) in [7, 11) is 0. The first-order valence-corrected chi connectivity index (χ1v) is 7.54. The quantitative estimate of drug-likeness (QED) is 0.731. The maximum atomic E-state index is 4.27. The van der Waals surface area contributed by atoms with Crippen LogP contribution in [0.1, 0.15) is 16.7 Å². The van der Waals surface area contributed by atoms with Crippen LogP contribution >= 0.6 is 0 Å². The van der Waals surface area contributed by atoms with Crippen molar-refractivity contribution in [2.45, 2.75) is 20.0 Å². The zero-order valence-electron chi connectivity index (χ0n) is 13.0. The third-order valence-corrected chi connectivity index (χ3v) is 3.61. The van der Waals surface area contributed by atoms with Crippen LogP contribution in [-0.4, -0.2) is 15.0 Å². The van der Waals surface area contributed by atoms with Gasteiger partial charge in [0, 0.05) is 31.5 Å². The molecule has 2 heterocycles. The minimum atomic E-state index is 0.705. The minimum absolute atomic E-state index is 0.705. The molecule has 2 N–H and O–H groups in total. The number of rotatable bonds is 6. The van der Waals surface area contributed by atoms with E-state index in [4.69, 9.17) is 0 Å². The van der Waals surface area contributed by atoms with Gasteiger partial charge in [0.1, 0.15) is 18.0 Å². The summed E-state index contributed by atoms with van der Waals surface area (Å²) in [4.78, 5) is 12.5. The first-order valence-electron chi connectivity index (χ1n) is 7.54. The van der Waals surface area contributed by atoms with Crippen molar-refractivity contribution >= 4 is 11.6 Å². The topological polar surface area (TPSA) is 62.7 Å². The molecule has 5 nitrogen and oxygen atoms in total. The number of aryl methyl sites for hydroxylation is 1. The molecule has 2 aromatic heterocycles. The molecule has 0 fully saturated rings. The monoisotopic (exact) mass is 305 g/mol. The molecule has 0 unspecified atom stereocenters. The Morgan fingerprint density at radius 2 is 1.57 bits per heavy atom. The molecule has 0 aliphatic carbocycles. The van der Waals surface area contributed by atoms with E-state index in [9.17, 15) is 0 Å². The first-order chi connectivity index (χ1) is 11.3. The number of hydrogen-bond donors (Lipinski definition) is 2. The summed E-state index contributed by atoms with van der Waals surface area (Å²) in [6.07, 6.45) is 5.13. The predicted octanol–water partition coefficient (Wildman–Crippen LogP) is 3.40. The van der Waals surface area contributed by atoms with E-state index in [0.717, 1.165) is 23.7 Å². The smallest absolute Gasteiger partial charge is 0.131 e. The van der Waals surface area contributed by atoms with Crippen LogP contribution in [0.25, 0.3) is 0 Å². The molecule has 0 bridgehead atoms. The van der Waals surface area contributed by atoms with Crippen molar-refractivity contribution < 1.29 is 0 Å². The first kappa shape index (κ1) is 15.0. The number of anilines is 2. The molecule has 0 aliphatic rings. The van der Waals surface area contributed by atoms with Gasteiger partial charge in [-0.15, -0.1) is 0 Å². The van der Waals surface area contributed by atoms with E-state index in [2.05, 4.69) is 44.6 Å². The molecule has 0 saturated carbocycles. The Hall–Kier alpha value is -2.95. The van der Waals surface area contributed by atoms with E-state index < -0.39 is 0 Å². The molecular weight excluding hydrogens is 286 g/mol. The van der Waals surface area contributed by atoms with Gasteiger partial charge >= 0.3 is 0 Å². The van der Waals surface area contributed by atoms with Crippen LogP contribution in [0.4, 0.5) is 11.6 Å². The van der Waals surface area contributed by atoms with Gasteiger partial charge in [-0.1, -0.05) is 24.3 Å². The second-order valence-electron chi connectivity index (χ2n) is 5.28. The fraction of sp³-hybridized carbons (Fsp3) is 0.167. The third kappa shape index (κ3) is 4.26. The van der Waals surface area contributed by atoms with E-state index in [0.29, 0.717) is 6.54 Å². The molecule has 116 valence electrons. The summed E-state index contributed by atoms with van der Waals surface area (Å²) in [6.45, 7) is 3.56. The molecule has 0 spiro atoms. The number of nitrogens with one attached hydrogen (secondary N) is 2. The predicted molar refractivity (Wildman–Crippen MR) is 92.1 cm³/mol. The van der Waals surface area contributed by atoms with Crippen molar-refractivity contribution in [1.82, 2.24) is 15.0 Å². The van der Waals surface area contributed by atoms with E-state index in [1.165, 1.54) is 11.1 Å². The molecule has 0 atom stereocenters. The average Bonchev–Trinajstić information content (AvgIpc) is 2.61.